The lowest BCUT2D eigenvalue weighted by atomic mass is 9.95. The van der Waals surface area contributed by atoms with Gasteiger partial charge in [0, 0.05) is 18.8 Å². The SMILES string of the molecule is C[C@H](C(=O)NCc1ccc(F)cc1)N1CCC[C@H](C(=O)Nc2ccccc2)C1. The number of nitrogens with zero attached hydrogens (tertiary/aromatic N) is 1. The Morgan fingerprint density at radius 1 is 1.14 bits per heavy atom. The van der Waals surface area contributed by atoms with E-state index in [9.17, 15) is 14.0 Å². The van der Waals surface area contributed by atoms with Gasteiger partial charge in [0.2, 0.25) is 11.8 Å². The molecule has 0 bridgehead atoms. The van der Waals surface area contributed by atoms with Gasteiger partial charge in [0.1, 0.15) is 5.82 Å². The lowest BCUT2D eigenvalue weighted by Crippen LogP contribution is -2.50. The summed E-state index contributed by atoms with van der Waals surface area (Å²) in [5.41, 5.74) is 1.63. The third-order valence-electron chi connectivity index (χ3n) is 5.17. The summed E-state index contributed by atoms with van der Waals surface area (Å²) in [6, 6.07) is 15.2. The number of anilines is 1. The number of hydrogen-bond donors (Lipinski definition) is 2. The topological polar surface area (TPSA) is 61.4 Å². The zero-order valence-corrected chi connectivity index (χ0v) is 16.0. The maximum atomic E-state index is 13.0. The molecule has 1 aliphatic heterocycles. The fourth-order valence-corrected chi connectivity index (χ4v) is 3.44. The Morgan fingerprint density at radius 3 is 2.57 bits per heavy atom. The van der Waals surface area contributed by atoms with Gasteiger partial charge in [-0.1, -0.05) is 30.3 Å². The van der Waals surface area contributed by atoms with E-state index in [1.54, 1.807) is 12.1 Å². The highest BCUT2D eigenvalue weighted by Crippen LogP contribution is 2.20. The Balaban J connectivity index is 1.51. The van der Waals surface area contributed by atoms with Gasteiger partial charge in [-0.05, 0) is 56.1 Å². The van der Waals surface area contributed by atoms with Crippen LogP contribution in [0.1, 0.15) is 25.3 Å². The summed E-state index contributed by atoms with van der Waals surface area (Å²) >= 11 is 0. The van der Waals surface area contributed by atoms with Crippen molar-refractivity contribution in [2.75, 3.05) is 18.4 Å². The molecule has 0 spiro atoms. The molecule has 0 unspecified atom stereocenters. The van der Waals surface area contributed by atoms with Crippen LogP contribution < -0.4 is 10.6 Å². The Bertz CT molecular complexity index is 795. The van der Waals surface area contributed by atoms with E-state index in [1.165, 1.54) is 12.1 Å². The molecular weight excluding hydrogens is 357 g/mol. The summed E-state index contributed by atoms with van der Waals surface area (Å²) in [7, 11) is 0. The van der Waals surface area contributed by atoms with Crippen LogP contribution in [0.4, 0.5) is 10.1 Å². The largest absolute Gasteiger partial charge is 0.351 e. The van der Waals surface area contributed by atoms with E-state index in [-0.39, 0.29) is 29.6 Å². The van der Waals surface area contributed by atoms with Gasteiger partial charge in [0.25, 0.3) is 0 Å². The quantitative estimate of drug-likeness (QED) is 0.805. The molecule has 2 aromatic carbocycles. The molecule has 0 aliphatic carbocycles. The smallest absolute Gasteiger partial charge is 0.237 e. The zero-order valence-electron chi connectivity index (χ0n) is 16.0. The van der Waals surface area contributed by atoms with Crippen molar-refractivity contribution in [1.82, 2.24) is 10.2 Å². The van der Waals surface area contributed by atoms with Crippen LogP contribution in [-0.4, -0.2) is 35.8 Å². The van der Waals surface area contributed by atoms with Gasteiger partial charge in [-0.2, -0.15) is 0 Å². The minimum atomic E-state index is -0.326. The van der Waals surface area contributed by atoms with Crippen molar-refractivity contribution >= 4 is 17.5 Å². The second kappa shape index (κ2) is 9.46. The number of piperidine rings is 1. The molecule has 1 saturated heterocycles. The van der Waals surface area contributed by atoms with Crippen molar-refractivity contribution in [3.63, 3.8) is 0 Å². The highest BCUT2D eigenvalue weighted by molar-refractivity contribution is 5.92. The molecule has 28 heavy (non-hydrogen) atoms. The maximum Gasteiger partial charge on any atom is 0.237 e. The van der Waals surface area contributed by atoms with Crippen molar-refractivity contribution in [3.05, 3.63) is 66.0 Å². The third-order valence-corrected chi connectivity index (χ3v) is 5.17. The Kier molecular flexibility index (Phi) is 6.76. The predicted octanol–water partition coefficient (Wildman–Crippen LogP) is 3.18. The van der Waals surface area contributed by atoms with Crippen LogP contribution in [0.2, 0.25) is 0 Å². The number of benzene rings is 2. The van der Waals surface area contributed by atoms with E-state index < -0.39 is 0 Å². The molecule has 5 nitrogen and oxygen atoms in total. The minimum absolute atomic E-state index is 0.00480. The Labute approximate surface area is 164 Å². The third kappa shape index (κ3) is 5.39. The molecule has 2 N–H and O–H groups in total. The molecule has 2 atom stereocenters. The van der Waals surface area contributed by atoms with Gasteiger partial charge in [0.15, 0.2) is 0 Å². The van der Waals surface area contributed by atoms with Crippen LogP contribution in [0, 0.1) is 11.7 Å². The van der Waals surface area contributed by atoms with Crippen LogP contribution in [-0.2, 0) is 16.1 Å². The number of para-hydroxylation sites is 1. The van der Waals surface area contributed by atoms with Crippen molar-refractivity contribution < 1.29 is 14.0 Å². The van der Waals surface area contributed by atoms with E-state index in [4.69, 9.17) is 0 Å². The highest BCUT2D eigenvalue weighted by Gasteiger charge is 2.30. The molecule has 1 heterocycles. The van der Waals surface area contributed by atoms with Crippen LogP contribution >= 0.6 is 0 Å². The van der Waals surface area contributed by atoms with E-state index in [2.05, 4.69) is 15.5 Å². The standard InChI is InChI=1S/C22H26FN3O2/c1-16(21(27)24-14-17-9-11-19(23)12-10-17)26-13-5-6-18(15-26)22(28)25-20-7-3-2-4-8-20/h2-4,7-12,16,18H,5-6,13-15H2,1H3,(H,24,27)(H,25,28)/t16-,18+/m1/s1. The van der Waals surface area contributed by atoms with Crippen LogP contribution in [0.5, 0.6) is 0 Å². The number of carbonyl (C=O) groups excluding carboxylic acids is 2. The molecule has 6 heteroatoms. The number of halogens is 1. The summed E-state index contributed by atoms with van der Waals surface area (Å²) in [6.07, 6.45) is 1.70. The number of rotatable bonds is 6. The number of amides is 2. The van der Waals surface area contributed by atoms with Gasteiger partial charge in [-0.15, -0.1) is 0 Å². The fraction of sp³-hybridized carbons (Fsp3) is 0.364. The molecule has 2 amide bonds. The second-order valence-corrected chi connectivity index (χ2v) is 7.21. The molecule has 0 saturated carbocycles. The van der Waals surface area contributed by atoms with Crippen LogP contribution in [0.25, 0.3) is 0 Å². The molecule has 148 valence electrons. The lowest BCUT2D eigenvalue weighted by Gasteiger charge is -2.35. The molecular formula is C22H26FN3O2. The first-order valence-corrected chi connectivity index (χ1v) is 9.65. The summed E-state index contributed by atoms with van der Waals surface area (Å²) in [5, 5.41) is 5.85. The van der Waals surface area contributed by atoms with Gasteiger partial charge in [-0.25, -0.2) is 4.39 Å². The van der Waals surface area contributed by atoms with Crippen molar-refractivity contribution in [1.29, 1.82) is 0 Å². The van der Waals surface area contributed by atoms with Crippen LogP contribution in [0.15, 0.2) is 54.6 Å². The molecule has 0 radical (unpaired) electrons. The van der Waals surface area contributed by atoms with Crippen molar-refractivity contribution in [3.8, 4) is 0 Å². The Morgan fingerprint density at radius 2 is 1.86 bits per heavy atom. The lowest BCUT2D eigenvalue weighted by molar-refractivity contribution is -0.129. The molecule has 0 aromatic heterocycles. The first-order chi connectivity index (χ1) is 13.5. The normalized spacial score (nSPS) is 18.3. The van der Waals surface area contributed by atoms with E-state index in [0.717, 1.165) is 30.6 Å². The number of carbonyl (C=O) groups is 2. The molecule has 2 aromatic rings. The summed E-state index contributed by atoms with van der Waals surface area (Å²) in [5.74, 6) is -0.527. The number of hydrogen-bond acceptors (Lipinski definition) is 3. The van der Waals surface area contributed by atoms with Gasteiger partial charge in [0.05, 0.1) is 12.0 Å². The highest BCUT2D eigenvalue weighted by atomic mass is 19.1. The van der Waals surface area contributed by atoms with Gasteiger partial charge >= 0.3 is 0 Å². The minimum Gasteiger partial charge on any atom is -0.351 e. The van der Waals surface area contributed by atoms with E-state index in [0.29, 0.717) is 13.1 Å². The van der Waals surface area contributed by atoms with Crippen molar-refractivity contribution in [2.45, 2.75) is 32.4 Å². The summed E-state index contributed by atoms with van der Waals surface area (Å²) in [4.78, 5) is 27.2. The maximum absolute atomic E-state index is 13.0. The first kappa shape index (κ1) is 20.0. The summed E-state index contributed by atoms with van der Waals surface area (Å²) < 4.78 is 13.0. The molecule has 1 aliphatic rings. The molecule has 3 rings (SSSR count). The van der Waals surface area contributed by atoms with E-state index >= 15 is 0 Å². The second-order valence-electron chi connectivity index (χ2n) is 7.21. The predicted molar refractivity (Wildman–Crippen MR) is 107 cm³/mol. The zero-order chi connectivity index (χ0) is 19.9. The van der Waals surface area contributed by atoms with Crippen molar-refractivity contribution in [2.24, 2.45) is 5.92 Å². The van der Waals surface area contributed by atoms with Gasteiger partial charge in [-0.3, -0.25) is 14.5 Å². The number of likely N-dealkylation sites (tertiary alicyclic amines) is 1. The Hall–Kier alpha value is -2.73. The first-order valence-electron chi connectivity index (χ1n) is 9.65. The average molecular weight is 383 g/mol. The number of nitrogens with one attached hydrogen (secondary N) is 2. The average Bonchev–Trinajstić information content (AvgIpc) is 2.73. The van der Waals surface area contributed by atoms with Gasteiger partial charge < -0.3 is 10.6 Å². The summed E-state index contributed by atoms with van der Waals surface area (Å²) in [6.45, 7) is 3.57. The van der Waals surface area contributed by atoms with Crippen LogP contribution in [0.3, 0.4) is 0 Å². The monoisotopic (exact) mass is 383 g/mol. The fourth-order valence-electron chi connectivity index (χ4n) is 3.44. The molecule has 1 fully saturated rings. The van der Waals surface area contributed by atoms with E-state index in [1.807, 2.05) is 37.3 Å².